The van der Waals surface area contributed by atoms with Gasteiger partial charge < -0.3 is 14.9 Å². The average molecular weight is 260 g/mol. The number of carbonyl (C=O) groups excluding carboxylic acids is 1. The minimum absolute atomic E-state index is 0. The van der Waals surface area contributed by atoms with Crippen LogP contribution in [0.2, 0.25) is 0 Å². The first kappa shape index (κ1) is 14.7. The third kappa shape index (κ3) is 2.26. The van der Waals surface area contributed by atoms with E-state index in [2.05, 4.69) is 9.97 Å². The van der Waals surface area contributed by atoms with E-state index in [1.54, 1.807) is 0 Å². The minimum atomic E-state index is -1.31. The molecule has 2 heterocycles. The van der Waals surface area contributed by atoms with E-state index in [4.69, 9.17) is 0 Å². The Balaban J connectivity index is 0.00000162. The van der Waals surface area contributed by atoms with Crippen molar-refractivity contribution in [1.82, 2.24) is 19.1 Å². The van der Waals surface area contributed by atoms with Crippen molar-refractivity contribution in [2.45, 2.75) is 6.42 Å². The largest absolute Gasteiger partial charge is 1.00 e. The number of aryl methyl sites for hydroxylation is 1. The maximum Gasteiger partial charge on any atom is 1.00 e. The Morgan fingerprint density at radius 2 is 1.94 bits per heavy atom. The van der Waals surface area contributed by atoms with Gasteiger partial charge in [-0.25, -0.2) is 9.78 Å². The molecule has 2 aromatic rings. The summed E-state index contributed by atoms with van der Waals surface area (Å²) in [5, 5.41) is 10.4. The summed E-state index contributed by atoms with van der Waals surface area (Å²) >= 11 is 0. The molecule has 0 atom stereocenters. The maximum absolute atomic E-state index is 11.7. The van der Waals surface area contributed by atoms with Crippen LogP contribution < -0.4 is 45.9 Å². The number of aliphatic carboxylic acids is 1. The van der Waals surface area contributed by atoms with Crippen molar-refractivity contribution in [1.29, 1.82) is 0 Å². The summed E-state index contributed by atoms with van der Waals surface area (Å²) in [5.74, 6) is -1.23. The number of rotatable bonds is 2. The van der Waals surface area contributed by atoms with Gasteiger partial charge in [0, 0.05) is 26.5 Å². The van der Waals surface area contributed by atoms with Crippen LogP contribution in [0.3, 0.4) is 0 Å². The topological polar surface area (TPSA) is 113 Å². The second kappa shape index (κ2) is 5.09. The van der Waals surface area contributed by atoms with Gasteiger partial charge in [0.15, 0.2) is 5.65 Å². The summed E-state index contributed by atoms with van der Waals surface area (Å²) in [7, 11) is 2.79. The summed E-state index contributed by atoms with van der Waals surface area (Å²) in [6, 6.07) is 0. The Bertz CT molecular complexity index is 726. The molecular formula is C9H9N4NaO4. The van der Waals surface area contributed by atoms with Crippen molar-refractivity contribution in [3.63, 3.8) is 0 Å². The van der Waals surface area contributed by atoms with Gasteiger partial charge in [0.2, 0.25) is 0 Å². The number of hydrogen-bond donors (Lipinski definition) is 1. The fourth-order valence-electron chi connectivity index (χ4n) is 1.59. The molecule has 18 heavy (non-hydrogen) atoms. The smallest absolute Gasteiger partial charge is 0.550 e. The van der Waals surface area contributed by atoms with Crippen molar-refractivity contribution >= 4 is 17.1 Å². The van der Waals surface area contributed by atoms with Gasteiger partial charge in [0.25, 0.3) is 5.56 Å². The van der Waals surface area contributed by atoms with Crippen LogP contribution in [0, 0.1) is 0 Å². The molecule has 0 bridgehead atoms. The number of H-pyrrole nitrogens is 1. The first-order valence-corrected chi connectivity index (χ1v) is 4.76. The van der Waals surface area contributed by atoms with E-state index in [1.165, 1.54) is 18.7 Å². The number of aromatic nitrogens is 4. The van der Waals surface area contributed by atoms with Gasteiger partial charge in [-0.05, 0) is 0 Å². The molecule has 0 radical (unpaired) electrons. The summed E-state index contributed by atoms with van der Waals surface area (Å²) < 4.78 is 2.09. The monoisotopic (exact) mass is 260 g/mol. The zero-order valence-electron chi connectivity index (χ0n) is 10.2. The molecule has 90 valence electrons. The molecule has 2 rings (SSSR count). The van der Waals surface area contributed by atoms with Crippen molar-refractivity contribution < 1.29 is 39.5 Å². The fraction of sp³-hybridized carbons (Fsp3) is 0.333. The van der Waals surface area contributed by atoms with Crippen LogP contribution in [-0.2, 0) is 25.3 Å². The Hall–Kier alpha value is -1.38. The number of hydrogen-bond acceptors (Lipinski definition) is 5. The molecule has 0 aliphatic carbocycles. The predicted octanol–water partition coefficient (Wildman–Crippen LogP) is -5.74. The van der Waals surface area contributed by atoms with Crippen LogP contribution in [-0.4, -0.2) is 25.1 Å². The van der Waals surface area contributed by atoms with Gasteiger partial charge in [-0.3, -0.25) is 13.9 Å². The van der Waals surface area contributed by atoms with Gasteiger partial charge >= 0.3 is 35.2 Å². The van der Waals surface area contributed by atoms with Gasteiger partial charge in [0.1, 0.15) is 11.3 Å². The van der Waals surface area contributed by atoms with Crippen molar-refractivity contribution in [3.8, 4) is 0 Å². The molecule has 9 heteroatoms. The van der Waals surface area contributed by atoms with E-state index in [9.17, 15) is 19.5 Å². The Labute approximate surface area is 123 Å². The average Bonchev–Trinajstić information content (AvgIpc) is 2.66. The molecule has 0 aromatic carbocycles. The van der Waals surface area contributed by atoms with Crippen LogP contribution in [0.25, 0.3) is 11.2 Å². The van der Waals surface area contributed by atoms with Gasteiger partial charge in [-0.1, -0.05) is 0 Å². The van der Waals surface area contributed by atoms with Crippen LogP contribution in [0.4, 0.5) is 0 Å². The zero-order chi connectivity index (χ0) is 12.7. The summed E-state index contributed by atoms with van der Waals surface area (Å²) in [4.78, 5) is 40.2. The van der Waals surface area contributed by atoms with Gasteiger partial charge in [0.05, 0.1) is 0 Å². The molecule has 0 spiro atoms. The van der Waals surface area contributed by atoms with Crippen LogP contribution in [0.5, 0.6) is 0 Å². The van der Waals surface area contributed by atoms with Crippen LogP contribution in [0.1, 0.15) is 5.82 Å². The number of carboxylic acids is 1. The molecule has 2 aromatic heterocycles. The first-order chi connectivity index (χ1) is 7.91. The fourth-order valence-corrected chi connectivity index (χ4v) is 1.59. The molecule has 0 amide bonds. The number of carbonyl (C=O) groups is 1. The molecule has 0 aliphatic rings. The van der Waals surface area contributed by atoms with Gasteiger partial charge in [-0.2, -0.15) is 0 Å². The summed E-state index contributed by atoms with van der Waals surface area (Å²) in [5.41, 5.74) is -0.825. The molecule has 0 saturated carbocycles. The molecule has 8 nitrogen and oxygen atoms in total. The number of aromatic amines is 1. The second-order valence-corrected chi connectivity index (χ2v) is 3.64. The van der Waals surface area contributed by atoms with Crippen molar-refractivity contribution in [2.24, 2.45) is 14.1 Å². The van der Waals surface area contributed by atoms with E-state index < -0.39 is 23.6 Å². The predicted molar refractivity (Wildman–Crippen MR) is 55.3 cm³/mol. The van der Waals surface area contributed by atoms with Crippen LogP contribution in [0.15, 0.2) is 9.59 Å². The third-order valence-corrected chi connectivity index (χ3v) is 2.46. The number of fused-ring (bicyclic) bond motifs is 1. The molecule has 0 aliphatic heterocycles. The quantitative estimate of drug-likeness (QED) is 0.540. The third-order valence-electron chi connectivity index (χ3n) is 2.46. The SMILES string of the molecule is Cn1c(=O)c2[nH]c(CC(=O)[O-])nc2n(C)c1=O.[Na+]. The molecule has 0 unspecified atom stereocenters. The summed E-state index contributed by atoms with van der Waals surface area (Å²) in [6.45, 7) is 0. The minimum Gasteiger partial charge on any atom is -0.550 e. The van der Waals surface area contributed by atoms with Crippen LogP contribution >= 0.6 is 0 Å². The van der Waals surface area contributed by atoms with Crippen molar-refractivity contribution in [2.75, 3.05) is 0 Å². The Kier molecular flexibility index (Phi) is 4.15. The zero-order valence-corrected chi connectivity index (χ0v) is 12.2. The number of nitrogens with one attached hydrogen (secondary N) is 1. The number of imidazole rings is 1. The number of nitrogens with zero attached hydrogens (tertiary/aromatic N) is 3. The van der Waals surface area contributed by atoms with E-state index in [0.29, 0.717) is 0 Å². The molecular weight excluding hydrogens is 251 g/mol. The maximum atomic E-state index is 11.7. The van der Waals surface area contributed by atoms with E-state index in [-0.39, 0.29) is 46.5 Å². The molecule has 0 saturated heterocycles. The van der Waals surface area contributed by atoms with Gasteiger partial charge in [-0.15, -0.1) is 0 Å². The van der Waals surface area contributed by atoms with Crippen molar-refractivity contribution in [3.05, 3.63) is 26.7 Å². The normalized spacial score (nSPS) is 10.3. The summed E-state index contributed by atoms with van der Waals surface area (Å²) in [6.07, 6.45) is -0.438. The molecule has 1 N–H and O–H groups in total. The standard InChI is InChI=1S/C9H10N4O4.Na/c1-12-7-6(8(16)13(2)9(12)17)10-4(11-7)3-5(14)15;/h3H2,1-2H3,(H,10,11)(H,14,15);/q;+1/p-1. The van der Waals surface area contributed by atoms with E-state index in [0.717, 1.165) is 4.57 Å². The first-order valence-electron chi connectivity index (χ1n) is 4.76. The van der Waals surface area contributed by atoms with E-state index >= 15 is 0 Å². The Morgan fingerprint density at radius 3 is 2.50 bits per heavy atom. The number of carboxylic acid groups (broad SMARTS) is 1. The Morgan fingerprint density at radius 1 is 1.33 bits per heavy atom. The van der Waals surface area contributed by atoms with E-state index in [1.807, 2.05) is 0 Å². The second-order valence-electron chi connectivity index (χ2n) is 3.64. The molecule has 0 fully saturated rings.